The van der Waals surface area contributed by atoms with Gasteiger partial charge in [-0.05, 0) is 63.0 Å². The highest BCUT2D eigenvalue weighted by atomic mass is 35.5. The lowest BCUT2D eigenvalue weighted by atomic mass is 10.0. The van der Waals surface area contributed by atoms with Crippen molar-refractivity contribution in [3.63, 3.8) is 0 Å². The molecule has 0 unspecified atom stereocenters. The summed E-state index contributed by atoms with van der Waals surface area (Å²) >= 11 is 0. The van der Waals surface area contributed by atoms with Crippen molar-refractivity contribution < 1.29 is 9.90 Å². The molecule has 3 rings (SSSR count). The zero-order valence-corrected chi connectivity index (χ0v) is 16.6. The minimum atomic E-state index is -0.530. The van der Waals surface area contributed by atoms with Gasteiger partial charge in [0.15, 0.2) is 0 Å². The molecule has 2 heterocycles. The molecule has 2 aliphatic rings. The Bertz CT molecular complexity index is 538. The largest absolute Gasteiger partial charge is 0.390 e. The third kappa shape index (κ3) is 6.93. The third-order valence-corrected chi connectivity index (χ3v) is 4.89. The quantitative estimate of drug-likeness (QED) is 0.605. The standard InChI is InChI=1S/C18H28N4O2.2ClH/c23-17-13-19-9-7-16(17)21-18(24)20-15-5-3-14(4-6-15)8-12-22-10-1-2-11-22;;/h3-6,16-17,19,23H,1-2,7-13H2,(H2,20,21,24);2*1H/t16-,17-;;/m1../s1. The Kier molecular flexibility index (Phi) is 10.3. The Morgan fingerprint density at radius 1 is 1.19 bits per heavy atom. The van der Waals surface area contributed by atoms with E-state index in [9.17, 15) is 9.90 Å². The van der Waals surface area contributed by atoms with Crippen LogP contribution >= 0.6 is 24.8 Å². The smallest absolute Gasteiger partial charge is 0.319 e. The zero-order valence-electron chi connectivity index (χ0n) is 14.9. The normalized spacial score (nSPS) is 22.8. The zero-order chi connectivity index (χ0) is 16.8. The molecule has 2 saturated heterocycles. The number of anilines is 1. The van der Waals surface area contributed by atoms with Gasteiger partial charge < -0.3 is 26.0 Å². The van der Waals surface area contributed by atoms with E-state index in [2.05, 4.69) is 33.0 Å². The number of aliphatic hydroxyl groups excluding tert-OH is 1. The van der Waals surface area contributed by atoms with Gasteiger partial charge in [-0.2, -0.15) is 0 Å². The van der Waals surface area contributed by atoms with Crippen LogP contribution in [0, 0.1) is 0 Å². The Balaban J connectivity index is 0.00000169. The minimum Gasteiger partial charge on any atom is -0.390 e. The molecule has 4 N–H and O–H groups in total. The predicted octanol–water partition coefficient (Wildman–Crippen LogP) is 2.01. The summed E-state index contributed by atoms with van der Waals surface area (Å²) in [4.78, 5) is 14.6. The van der Waals surface area contributed by atoms with Gasteiger partial charge >= 0.3 is 6.03 Å². The van der Waals surface area contributed by atoms with Crippen LogP contribution in [0.1, 0.15) is 24.8 Å². The van der Waals surface area contributed by atoms with E-state index in [1.54, 1.807) is 0 Å². The lowest BCUT2D eigenvalue weighted by Crippen LogP contribution is -2.53. The molecule has 0 saturated carbocycles. The van der Waals surface area contributed by atoms with Crippen molar-refractivity contribution in [3.05, 3.63) is 29.8 Å². The molecule has 0 radical (unpaired) electrons. The Morgan fingerprint density at radius 2 is 1.88 bits per heavy atom. The van der Waals surface area contributed by atoms with E-state index in [0.29, 0.717) is 6.54 Å². The van der Waals surface area contributed by atoms with Crippen LogP contribution < -0.4 is 16.0 Å². The molecule has 2 fully saturated rings. The lowest BCUT2D eigenvalue weighted by molar-refractivity contribution is 0.107. The summed E-state index contributed by atoms with van der Waals surface area (Å²) in [7, 11) is 0. The Labute approximate surface area is 167 Å². The van der Waals surface area contributed by atoms with Crippen molar-refractivity contribution in [3.8, 4) is 0 Å². The van der Waals surface area contributed by atoms with Crippen molar-refractivity contribution in [1.82, 2.24) is 15.5 Å². The van der Waals surface area contributed by atoms with Gasteiger partial charge in [0.1, 0.15) is 0 Å². The van der Waals surface area contributed by atoms with E-state index in [-0.39, 0.29) is 36.9 Å². The van der Waals surface area contributed by atoms with Crippen molar-refractivity contribution in [2.75, 3.05) is 38.0 Å². The number of urea groups is 1. The molecule has 1 aromatic rings. The molecule has 26 heavy (non-hydrogen) atoms. The first kappa shape index (κ1) is 23.0. The molecule has 2 aliphatic heterocycles. The summed E-state index contributed by atoms with van der Waals surface area (Å²) in [5.41, 5.74) is 2.07. The summed E-state index contributed by atoms with van der Waals surface area (Å²) in [6.45, 7) is 4.90. The van der Waals surface area contributed by atoms with Crippen LogP contribution in [0.4, 0.5) is 10.5 Å². The molecule has 0 bridgehead atoms. The SMILES string of the molecule is Cl.Cl.O=C(Nc1ccc(CCN2CCCC2)cc1)N[C@@H]1CCNC[C@H]1O. The first-order valence-corrected chi connectivity index (χ1v) is 8.98. The number of β-amino-alcohol motifs (C(OH)–C–C–N with tert-alkyl or cyclic N) is 1. The summed E-state index contributed by atoms with van der Waals surface area (Å²) in [6.07, 6.45) is 3.91. The third-order valence-electron chi connectivity index (χ3n) is 4.89. The molecule has 0 aliphatic carbocycles. The van der Waals surface area contributed by atoms with Crippen LogP contribution in [0.25, 0.3) is 0 Å². The van der Waals surface area contributed by atoms with Gasteiger partial charge in [0.25, 0.3) is 0 Å². The fraction of sp³-hybridized carbons (Fsp3) is 0.611. The van der Waals surface area contributed by atoms with Crippen LogP contribution in [0.5, 0.6) is 0 Å². The van der Waals surface area contributed by atoms with E-state index >= 15 is 0 Å². The second kappa shape index (κ2) is 11.6. The van der Waals surface area contributed by atoms with Gasteiger partial charge in [-0.3, -0.25) is 0 Å². The van der Waals surface area contributed by atoms with Crippen LogP contribution in [0.3, 0.4) is 0 Å². The molecule has 6 nitrogen and oxygen atoms in total. The van der Waals surface area contributed by atoms with Gasteiger partial charge in [-0.1, -0.05) is 12.1 Å². The summed E-state index contributed by atoms with van der Waals surface area (Å²) in [6, 6.07) is 7.59. The van der Waals surface area contributed by atoms with E-state index in [4.69, 9.17) is 0 Å². The maximum Gasteiger partial charge on any atom is 0.319 e. The number of benzene rings is 1. The number of amides is 2. The lowest BCUT2D eigenvalue weighted by Gasteiger charge is -2.29. The van der Waals surface area contributed by atoms with Crippen molar-refractivity contribution >= 4 is 36.5 Å². The summed E-state index contributed by atoms with van der Waals surface area (Å²) < 4.78 is 0. The molecule has 148 valence electrons. The first-order chi connectivity index (χ1) is 11.7. The topological polar surface area (TPSA) is 76.6 Å². The fourth-order valence-corrected chi connectivity index (χ4v) is 3.39. The average Bonchev–Trinajstić information content (AvgIpc) is 3.10. The number of hydrogen-bond donors (Lipinski definition) is 4. The highest BCUT2D eigenvalue weighted by molar-refractivity contribution is 5.89. The number of piperidine rings is 1. The van der Waals surface area contributed by atoms with Gasteiger partial charge in [-0.15, -0.1) is 24.8 Å². The summed E-state index contributed by atoms with van der Waals surface area (Å²) in [5, 5.41) is 18.7. The number of carbonyl (C=O) groups excluding carboxylic acids is 1. The van der Waals surface area contributed by atoms with Gasteiger partial charge in [0.05, 0.1) is 12.1 Å². The highest BCUT2D eigenvalue weighted by Crippen LogP contribution is 2.13. The van der Waals surface area contributed by atoms with Gasteiger partial charge in [0.2, 0.25) is 0 Å². The van der Waals surface area contributed by atoms with Gasteiger partial charge in [0, 0.05) is 18.8 Å². The number of nitrogens with one attached hydrogen (secondary N) is 3. The fourth-order valence-electron chi connectivity index (χ4n) is 3.39. The molecule has 2 atom stereocenters. The monoisotopic (exact) mass is 404 g/mol. The molecule has 8 heteroatoms. The maximum atomic E-state index is 12.1. The van der Waals surface area contributed by atoms with Gasteiger partial charge in [-0.25, -0.2) is 4.79 Å². The van der Waals surface area contributed by atoms with E-state index in [0.717, 1.165) is 31.6 Å². The van der Waals surface area contributed by atoms with E-state index in [1.807, 2.05) is 12.1 Å². The number of hydrogen-bond acceptors (Lipinski definition) is 4. The average molecular weight is 405 g/mol. The molecular formula is C18H30Cl2N4O2. The Hall–Kier alpha value is -1.05. The molecule has 0 spiro atoms. The van der Waals surface area contributed by atoms with Crippen LogP contribution in [-0.4, -0.2) is 60.9 Å². The predicted molar refractivity (Wildman–Crippen MR) is 110 cm³/mol. The van der Waals surface area contributed by atoms with E-state index < -0.39 is 6.10 Å². The van der Waals surface area contributed by atoms with Crippen molar-refractivity contribution in [1.29, 1.82) is 0 Å². The number of aliphatic hydroxyl groups is 1. The van der Waals surface area contributed by atoms with Crippen molar-refractivity contribution in [2.45, 2.75) is 37.8 Å². The van der Waals surface area contributed by atoms with Crippen LogP contribution in [-0.2, 0) is 6.42 Å². The second-order valence-electron chi connectivity index (χ2n) is 6.76. The second-order valence-corrected chi connectivity index (χ2v) is 6.76. The van der Waals surface area contributed by atoms with Crippen LogP contribution in [0.15, 0.2) is 24.3 Å². The van der Waals surface area contributed by atoms with Crippen molar-refractivity contribution in [2.24, 2.45) is 0 Å². The highest BCUT2D eigenvalue weighted by Gasteiger charge is 2.24. The molecule has 0 aromatic heterocycles. The molecule has 1 aromatic carbocycles. The number of rotatable bonds is 5. The number of nitrogens with zero attached hydrogens (tertiary/aromatic N) is 1. The van der Waals surface area contributed by atoms with E-state index in [1.165, 1.54) is 31.5 Å². The molecule has 2 amide bonds. The first-order valence-electron chi connectivity index (χ1n) is 8.98. The maximum absolute atomic E-state index is 12.1. The minimum absolute atomic E-state index is 0. The number of carbonyl (C=O) groups is 1. The van der Waals surface area contributed by atoms with Crippen LogP contribution in [0.2, 0.25) is 0 Å². The number of halogens is 2. The summed E-state index contributed by atoms with van der Waals surface area (Å²) in [5.74, 6) is 0. The molecular weight excluding hydrogens is 375 g/mol. The Morgan fingerprint density at radius 3 is 2.54 bits per heavy atom. The number of likely N-dealkylation sites (tertiary alicyclic amines) is 1.